The third kappa shape index (κ3) is 3.31. The molecule has 21 heavy (non-hydrogen) atoms. The molecule has 0 aromatic heterocycles. The molecule has 106 valence electrons. The molecule has 0 spiro atoms. The second kappa shape index (κ2) is 6.10. The first-order chi connectivity index (χ1) is 9.92. The molecule has 0 amide bonds. The Morgan fingerprint density at radius 2 is 1.67 bits per heavy atom. The first-order valence-electron chi connectivity index (χ1n) is 5.77. The molecule has 2 rings (SSSR count). The molecule has 1 unspecified atom stereocenters. The summed E-state index contributed by atoms with van der Waals surface area (Å²) in [5, 5.41) is 9.13. The van der Waals surface area contributed by atoms with Crippen molar-refractivity contribution in [2.24, 2.45) is 0 Å². The molecule has 2 aromatic carbocycles. The van der Waals surface area contributed by atoms with Gasteiger partial charge in [0, 0.05) is 16.1 Å². The summed E-state index contributed by atoms with van der Waals surface area (Å²) in [5.41, 5.74) is -0.0242. The van der Waals surface area contributed by atoms with E-state index in [1.807, 2.05) is 0 Å². The lowest BCUT2D eigenvalue weighted by Crippen LogP contribution is -2.12. The highest BCUT2D eigenvalue weighted by Crippen LogP contribution is 2.27. The highest BCUT2D eigenvalue weighted by atomic mass is 79.9. The predicted molar refractivity (Wildman–Crippen MR) is 73.1 cm³/mol. The second-order valence-electron chi connectivity index (χ2n) is 4.25. The van der Waals surface area contributed by atoms with Gasteiger partial charge in [0.2, 0.25) is 0 Å². The Hall–Kier alpha value is -2.13. The maximum Gasteiger partial charge on any atom is 0.185 e. The average molecular weight is 354 g/mol. The molecular weight excluding hydrogens is 347 g/mol. The number of nitriles is 1. The highest BCUT2D eigenvalue weighted by molar-refractivity contribution is 9.10. The lowest BCUT2D eigenvalue weighted by atomic mass is 9.91. The summed E-state index contributed by atoms with van der Waals surface area (Å²) in [7, 11) is 0. The zero-order valence-electron chi connectivity index (χ0n) is 10.4. The van der Waals surface area contributed by atoms with E-state index in [0.717, 1.165) is 24.3 Å². The lowest BCUT2D eigenvalue weighted by molar-refractivity contribution is 0.0978. The van der Waals surface area contributed by atoms with Crippen molar-refractivity contribution < 1.29 is 18.0 Å². The Balaban J connectivity index is 2.46. The van der Waals surface area contributed by atoms with Crippen LogP contribution in [-0.4, -0.2) is 5.78 Å². The fraction of sp³-hybridized carbons (Fsp3) is 0.0667. The zero-order chi connectivity index (χ0) is 15.6. The molecule has 0 heterocycles. The minimum Gasteiger partial charge on any atom is -0.292 e. The zero-order valence-corrected chi connectivity index (χ0v) is 12.0. The molecule has 0 saturated heterocycles. The quantitative estimate of drug-likeness (QED) is 0.769. The van der Waals surface area contributed by atoms with E-state index in [-0.39, 0.29) is 15.6 Å². The van der Waals surface area contributed by atoms with Crippen LogP contribution in [0.4, 0.5) is 13.2 Å². The van der Waals surface area contributed by atoms with Crippen molar-refractivity contribution in [3.8, 4) is 6.07 Å². The maximum atomic E-state index is 13.2. The number of halogens is 4. The summed E-state index contributed by atoms with van der Waals surface area (Å²) in [6.07, 6.45) is 0. The molecule has 2 nitrogen and oxygen atoms in total. The van der Waals surface area contributed by atoms with Gasteiger partial charge in [-0.15, -0.1) is 0 Å². The molecule has 0 fully saturated rings. The van der Waals surface area contributed by atoms with Crippen molar-refractivity contribution in [3.63, 3.8) is 0 Å². The number of benzene rings is 2. The van der Waals surface area contributed by atoms with Crippen LogP contribution in [0.5, 0.6) is 0 Å². The second-order valence-corrected chi connectivity index (χ2v) is 5.11. The van der Waals surface area contributed by atoms with Crippen LogP contribution in [0, 0.1) is 28.8 Å². The molecule has 0 bridgehead atoms. The number of nitrogens with zero attached hydrogens (tertiary/aromatic N) is 1. The standard InChI is InChI=1S/C15H7BrF3NO/c16-14-6-9(17)1-2-12(14)15(21)13(7-20)8-3-10(18)5-11(19)4-8/h1-6,13H. The van der Waals surface area contributed by atoms with Crippen molar-refractivity contribution in [3.05, 3.63) is 69.4 Å². The molecule has 0 radical (unpaired) electrons. The number of ketones is 1. The van der Waals surface area contributed by atoms with E-state index < -0.39 is 29.2 Å². The van der Waals surface area contributed by atoms with E-state index in [0.29, 0.717) is 6.07 Å². The third-order valence-electron chi connectivity index (χ3n) is 2.81. The van der Waals surface area contributed by atoms with Crippen molar-refractivity contribution >= 4 is 21.7 Å². The van der Waals surface area contributed by atoms with Gasteiger partial charge in [0.25, 0.3) is 0 Å². The monoisotopic (exact) mass is 353 g/mol. The van der Waals surface area contributed by atoms with Crippen LogP contribution in [0.1, 0.15) is 21.8 Å². The molecule has 0 aliphatic rings. The number of hydrogen-bond acceptors (Lipinski definition) is 2. The van der Waals surface area contributed by atoms with E-state index in [4.69, 9.17) is 5.26 Å². The van der Waals surface area contributed by atoms with Gasteiger partial charge in [-0.25, -0.2) is 13.2 Å². The summed E-state index contributed by atoms with van der Waals surface area (Å²) in [6, 6.07) is 7.57. The van der Waals surface area contributed by atoms with E-state index in [1.54, 1.807) is 6.07 Å². The molecule has 6 heteroatoms. The van der Waals surface area contributed by atoms with E-state index in [2.05, 4.69) is 15.9 Å². The van der Waals surface area contributed by atoms with Gasteiger partial charge in [-0.1, -0.05) is 0 Å². The Kier molecular flexibility index (Phi) is 4.43. The first kappa shape index (κ1) is 15.3. The Bertz CT molecular complexity index is 735. The summed E-state index contributed by atoms with van der Waals surface area (Å²) in [6.45, 7) is 0. The molecule has 0 saturated carbocycles. The molecular formula is C15H7BrF3NO. The Morgan fingerprint density at radius 3 is 2.19 bits per heavy atom. The summed E-state index contributed by atoms with van der Waals surface area (Å²) in [4.78, 5) is 12.3. The summed E-state index contributed by atoms with van der Waals surface area (Å²) >= 11 is 3.03. The summed E-state index contributed by atoms with van der Waals surface area (Å²) < 4.78 is 39.6. The van der Waals surface area contributed by atoms with E-state index >= 15 is 0 Å². The number of Topliss-reactive ketones (excluding diaryl/α,β-unsaturated/α-hetero) is 1. The van der Waals surface area contributed by atoms with Gasteiger partial charge in [0.05, 0.1) is 6.07 Å². The van der Waals surface area contributed by atoms with E-state index in [1.165, 1.54) is 6.07 Å². The minimum absolute atomic E-state index is 0.0626. The molecule has 0 N–H and O–H groups in total. The minimum atomic E-state index is -1.38. The van der Waals surface area contributed by atoms with Gasteiger partial charge < -0.3 is 0 Å². The van der Waals surface area contributed by atoms with Gasteiger partial charge in [-0.2, -0.15) is 5.26 Å². The van der Waals surface area contributed by atoms with Crippen molar-refractivity contribution in [1.29, 1.82) is 5.26 Å². The van der Waals surface area contributed by atoms with Crippen LogP contribution in [0.15, 0.2) is 40.9 Å². The average Bonchev–Trinajstić information content (AvgIpc) is 2.38. The van der Waals surface area contributed by atoms with Gasteiger partial charge in [0.15, 0.2) is 5.78 Å². The topological polar surface area (TPSA) is 40.9 Å². The number of carbonyl (C=O) groups is 1. The van der Waals surface area contributed by atoms with Crippen LogP contribution in [0.25, 0.3) is 0 Å². The fourth-order valence-electron chi connectivity index (χ4n) is 1.87. The van der Waals surface area contributed by atoms with Crippen LogP contribution >= 0.6 is 15.9 Å². The Morgan fingerprint density at radius 1 is 1.05 bits per heavy atom. The van der Waals surface area contributed by atoms with Crippen LogP contribution < -0.4 is 0 Å². The van der Waals surface area contributed by atoms with Crippen molar-refractivity contribution in [2.75, 3.05) is 0 Å². The van der Waals surface area contributed by atoms with Crippen LogP contribution in [0.3, 0.4) is 0 Å². The smallest absolute Gasteiger partial charge is 0.185 e. The number of carbonyl (C=O) groups excluding carboxylic acids is 1. The van der Waals surface area contributed by atoms with Gasteiger partial charge in [-0.3, -0.25) is 4.79 Å². The number of rotatable bonds is 3. The SMILES string of the molecule is N#CC(C(=O)c1ccc(F)cc1Br)c1cc(F)cc(F)c1. The maximum absolute atomic E-state index is 13.2. The van der Waals surface area contributed by atoms with Gasteiger partial charge >= 0.3 is 0 Å². The molecule has 0 aliphatic carbocycles. The summed E-state index contributed by atoms with van der Waals surface area (Å²) in [5.74, 6) is -4.36. The van der Waals surface area contributed by atoms with Crippen LogP contribution in [0.2, 0.25) is 0 Å². The predicted octanol–water partition coefficient (Wildman–Crippen LogP) is 4.36. The lowest BCUT2D eigenvalue weighted by Gasteiger charge is -2.10. The normalized spacial score (nSPS) is 11.8. The fourth-order valence-corrected chi connectivity index (χ4v) is 2.42. The number of hydrogen-bond donors (Lipinski definition) is 0. The molecule has 1 atom stereocenters. The van der Waals surface area contributed by atoms with Crippen molar-refractivity contribution in [2.45, 2.75) is 5.92 Å². The molecule has 0 aliphatic heterocycles. The van der Waals surface area contributed by atoms with Gasteiger partial charge in [0.1, 0.15) is 23.4 Å². The highest BCUT2D eigenvalue weighted by Gasteiger charge is 2.24. The molecule has 2 aromatic rings. The van der Waals surface area contributed by atoms with Crippen molar-refractivity contribution in [1.82, 2.24) is 0 Å². The largest absolute Gasteiger partial charge is 0.292 e. The third-order valence-corrected chi connectivity index (χ3v) is 3.46. The van der Waals surface area contributed by atoms with E-state index in [9.17, 15) is 18.0 Å². The van der Waals surface area contributed by atoms with Gasteiger partial charge in [-0.05, 0) is 51.8 Å². The Labute approximate surface area is 127 Å². The van der Waals surface area contributed by atoms with Crippen LogP contribution in [-0.2, 0) is 0 Å². The first-order valence-corrected chi connectivity index (χ1v) is 6.56.